The summed E-state index contributed by atoms with van der Waals surface area (Å²) in [5.41, 5.74) is 3.01. The Balaban J connectivity index is 1.48. The van der Waals surface area contributed by atoms with E-state index in [1.807, 2.05) is 25.1 Å². The lowest BCUT2D eigenvalue weighted by Crippen LogP contribution is -2.31. The molecule has 5 rings (SSSR count). The number of allylic oxidation sites excluding steroid dienone is 1. The van der Waals surface area contributed by atoms with Crippen molar-refractivity contribution in [2.24, 2.45) is 0 Å². The Morgan fingerprint density at radius 1 is 0.976 bits per heavy atom. The highest BCUT2D eigenvalue weighted by molar-refractivity contribution is 6.35. The zero-order valence-electron chi connectivity index (χ0n) is 22.7. The molecule has 0 unspecified atom stereocenters. The van der Waals surface area contributed by atoms with Crippen molar-refractivity contribution < 1.29 is 23.7 Å². The number of rotatable bonds is 9. The summed E-state index contributed by atoms with van der Waals surface area (Å²) in [5, 5.41) is 11.6. The molecule has 12 heteroatoms. The van der Waals surface area contributed by atoms with Crippen molar-refractivity contribution in [3.63, 3.8) is 0 Å². The van der Waals surface area contributed by atoms with Crippen LogP contribution in [0, 0.1) is 0 Å². The minimum Gasteiger partial charge on any atom is -0.497 e. The zero-order valence-corrected chi connectivity index (χ0v) is 24.2. The van der Waals surface area contributed by atoms with E-state index in [4.69, 9.17) is 42.1 Å². The standard InChI is InChI=1S/C29H27Cl2N5O5/c1-16-26(28(37)35-22-13-20(38-2)8-10-23(22)39-3)27(36-29(34-16)32-15-33-36)17-6-9-24(25(11-17)40-4)41-14-18-5-7-19(30)12-21(18)31/h5-13,15,27H,14H2,1-4H3,(H,35,37)(H,32,33,34)/t27-/m0/s1. The van der Waals surface area contributed by atoms with Gasteiger partial charge in [0.05, 0.1) is 32.6 Å². The summed E-state index contributed by atoms with van der Waals surface area (Å²) in [5.74, 6) is 2.18. The van der Waals surface area contributed by atoms with E-state index in [9.17, 15) is 4.79 Å². The van der Waals surface area contributed by atoms with Gasteiger partial charge >= 0.3 is 0 Å². The topological polar surface area (TPSA) is 109 Å². The summed E-state index contributed by atoms with van der Waals surface area (Å²) < 4.78 is 24.1. The third kappa shape index (κ3) is 5.75. The molecule has 0 bridgehead atoms. The van der Waals surface area contributed by atoms with Gasteiger partial charge in [-0.25, -0.2) is 4.68 Å². The van der Waals surface area contributed by atoms with Crippen LogP contribution in [-0.4, -0.2) is 42.0 Å². The third-order valence-corrected chi connectivity index (χ3v) is 7.18. The molecule has 1 aliphatic rings. The van der Waals surface area contributed by atoms with E-state index >= 15 is 0 Å². The number of nitrogens with zero attached hydrogens (tertiary/aromatic N) is 3. The summed E-state index contributed by atoms with van der Waals surface area (Å²) in [6, 6.07) is 15.2. The second kappa shape index (κ2) is 12.0. The van der Waals surface area contributed by atoms with Crippen molar-refractivity contribution in [1.82, 2.24) is 14.8 Å². The highest BCUT2D eigenvalue weighted by Crippen LogP contribution is 2.40. The number of carbonyl (C=O) groups is 1. The van der Waals surface area contributed by atoms with Crippen LogP contribution >= 0.6 is 23.2 Å². The van der Waals surface area contributed by atoms with Crippen LogP contribution in [0.3, 0.4) is 0 Å². The van der Waals surface area contributed by atoms with Gasteiger partial charge < -0.3 is 29.6 Å². The maximum absolute atomic E-state index is 13.9. The average Bonchev–Trinajstić information content (AvgIpc) is 3.44. The van der Waals surface area contributed by atoms with Crippen molar-refractivity contribution in [2.45, 2.75) is 19.6 Å². The Bertz CT molecular complexity index is 1640. The fraction of sp³-hybridized carbons (Fsp3) is 0.207. The summed E-state index contributed by atoms with van der Waals surface area (Å²) in [6.45, 7) is 2.02. The second-order valence-corrected chi connectivity index (χ2v) is 9.89. The lowest BCUT2D eigenvalue weighted by molar-refractivity contribution is -0.113. The van der Waals surface area contributed by atoms with Crippen LogP contribution < -0.4 is 29.6 Å². The van der Waals surface area contributed by atoms with Crippen LogP contribution in [0.5, 0.6) is 23.0 Å². The molecular formula is C29H27Cl2N5O5. The fourth-order valence-electron chi connectivity index (χ4n) is 4.56. The van der Waals surface area contributed by atoms with Crippen LogP contribution in [0.2, 0.25) is 10.0 Å². The predicted octanol–water partition coefficient (Wildman–Crippen LogP) is 6.12. The molecule has 41 heavy (non-hydrogen) atoms. The first-order valence-electron chi connectivity index (χ1n) is 12.5. The van der Waals surface area contributed by atoms with Gasteiger partial charge in [-0.1, -0.05) is 35.3 Å². The Morgan fingerprint density at radius 3 is 2.49 bits per heavy atom. The van der Waals surface area contributed by atoms with Gasteiger partial charge in [0.15, 0.2) is 11.5 Å². The molecule has 0 aliphatic carbocycles. The van der Waals surface area contributed by atoms with Gasteiger partial charge in [0.1, 0.15) is 30.5 Å². The van der Waals surface area contributed by atoms with Crippen LogP contribution in [0.25, 0.3) is 0 Å². The molecule has 1 amide bonds. The van der Waals surface area contributed by atoms with Gasteiger partial charge in [-0.3, -0.25) is 4.79 Å². The Hall–Kier alpha value is -4.41. The first-order chi connectivity index (χ1) is 19.8. The molecule has 0 fully saturated rings. The maximum Gasteiger partial charge on any atom is 0.255 e. The quantitative estimate of drug-likeness (QED) is 0.238. The summed E-state index contributed by atoms with van der Waals surface area (Å²) in [7, 11) is 4.64. The van der Waals surface area contributed by atoms with Crippen molar-refractivity contribution in [1.29, 1.82) is 0 Å². The number of nitrogens with one attached hydrogen (secondary N) is 2. The molecule has 10 nitrogen and oxygen atoms in total. The molecule has 4 aromatic rings. The lowest BCUT2D eigenvalue weighted by Gasteiger charge is -2.29. The largest absolute Gasteiger partial charge is 0.497 e. The molecule has 3 aromatic carbocycles. The van der Waals surface area contributed by atoms with Crippen molar-refractivity contribution in [2.75, 3.05) is 32.0 Å². The third-order valence-electron chi connectivity index (χ3n) is 6.60. The molecule has 1 aromatic heterocycles. The van der Waals surface area contributed by atoms with Gasteiger partial charge in [0.25, 0.3) is 5.91 Å². The molecule has 0 radical (unpaired) electrons. The fourth-order valence-corrected chi connectivity index (χ4v) is 5.03. The number of fused-ring (bicyclic) bond motifs is 1. The number of amides is 1. The summed E-state index contributed by atoms with van der Waals surface area (Å²) >= 11 is 12.3. The minimum absolute atomic E-state index is 0.210. The van der Waals surface area contributed by atoms with E-state index in [0.717, 1.165) is 11.1 Å². The predicted molar refractivity (Wildman–Crippen MR) is 156 cm³/mol. The monoisotopic (exact) mass is 595 g/mol. The van der Waals surface area contributed by atoms with Gasteiger partial charge in [-0.2, -0.15) is 10.1 Å². The van der Waals surface area contributed by atoms with E-state index in [0.29, 0.717) is 55.9 Å². The average molecular weight is 596 g/mol. The number of carbonyl (C=O) groups excluding carboxylic acids is 1. The van der Waals surface area contributed by atoms with E-state index in [1.54, 1.807) is 55.3 Å². The molecule has 0 saturated carbocycles. The highest BCUT2D eigenvalue weighted by Gasteiger charge is 2.34. The van der Waals surface area contributed by atoms with Gasteiger partial charge in [-0.15, -0.1) is 0 Å². The lowest BCUT2D eigenvalue weighted by atomic mass is 9.94. The first-order valence-corrected chi connectivity index (χ1v) is 13.2. The number of anilines is 2. The number of halogens is 2. The molecule has 212 valence electrons. The number of hydrogen-bond donors (Lipinski definition) is 2. The van der Waals surface area contributed by atoms with Crippen LogP contribution in [0.1, 0.15) is 24.1 Å². The summed E-state index contributed by atoms with van der Waals surface area (Å²) in [4.78, 5) is 18.2. The second-order valence-electron chi connectivity index (χ2n) is 9.05. The highest BCUT2D eigenvalue weighted by atomic mass is 35.5. The van der Waals surface area contributed by atoms with Gasteiger partial charge in [0, 0.05) is 27.4 Å². The number of methoxy groups -OCH3 is 3. The van der Waals surface area contributed by atoms with Gasteiger partial charge in [-0.05, 0) is 48.9 Å². The van der Waals surface area contributed by atoms with Crippen LogP contribution in [0.15, 0.2) is 72.2 Å². The van der Waals surface area contributed by atoms with E-state index in [-0.39, 0.29) is 12.5 Å². The SMILES string of the molecule is COc1ccc(OC)c(NC(=O)C2=C(C)Nc3ncnn3[C@H]2c2ccc(OCc3ccc(Cl)cc3Cl)c(OC)c2)c1. The Labute approximate surface area is 246 Å². The molecular weight excluding hydrogens is 569 g/mol. The molecule has 1 aliphatic heterocycles. The molecule has 0 spiro atoms. The van der Waals surface area contributed by atoms with Crippen molar-refractivity contribution in [3.8, 4) is 23.0 Å². The van der Waals surface area contributed by atoms with Crippen LogP contribution in [-0.2, 0) is 11.4 Å². The number of hydrogen-bond acceptors (Lipinski definition) is 8. The maximum atomic E-state index is 13.9. The normalized spacial score (nSPS) is 14.1. The molecule has 1 atom stereocenters. The van der Waals surface area contributed by atoms with E-state index < -0.39 is 6.04 Å². The minimum atomic E-state index is -0.626. The first kappa shape index (κ1) is 28.1. The Morgan fingerprint density at radius 2 is 1.76 bits per heavy atom. The molecule has 0 saturated heterocycles. The van der Waals surface area contributed by atoms with E-state index in [2.05, 4.69) is 20.7 Å². The Kier molecular flexibility index (Phi) is 8.23. The van der Waals surface area contributed by atoms with Crippen LogP contribution in [0.4, 0.5) is 11.6 Å². The number of aromatic nitrogens is 3. The van der Waals surface area contributed by atoms with Crippen molar-refractivity contribution >= 4 is 40.7 Å². The summed E-state index contributed by atoms with van der Waals surface area (Å²) in [6.07, 6.45) is 1.43. The van der Waals surface area contributed by atoms with Gasteiger partial charge in [0.2, 0.25) is 5.95 Å². The zero-order chi connectivity index (χ0) is 29.1. The van der Waals surface area contributed by atoms with Crippen molar-refractivity contribution in [3.05, 3.63) is 93.4 Å². The number of benzene rings is 3. The molecule has 2 heterocycles. The molecule has 2 N–H and O–H groups in total. The van der Waals surface area contributed by atoms with E-state index in [1.165, 1.54) is 13.4 Å². The smallest absolute Gasteiger partial charge is 0.255 e. The number of ether oxygens (including phenoxy) is 4.